The molecule has 0 radical (unpaired) electrons. The van der Waals surface area contributed by atoms with Crippen molar-refractivity contribution in [3.05, 3.63) is 195 Å². The zero-order valence-corrected chi connectivity index (χ0v) is 80.3. The zero-order chi connectivity index (χ0) is 101. The highest BCUT2D eigenvalue weighted by atomic mass is 35.5. The number of nitrogens with one attached hydrogen (secondary N) is 8. The summed E-state index contributed by atoms with van der Waals surface area (Å²) in [5.41, 5.74) is 28.1. The lowest BCUT2D eigenvalue weighted by Gasteiger charge is -2.35. The highest BCUT2D eigenvalue weighted by Gasteiger charge is 2.38. The highest BCUT2D eigenvalue weighted by Crippen LogP contribution is 2.38. The van der Waals surface area contributed by atoms with E-state index < -0.39 is 68.4 Å². The van der Waals surface area contributed by atoms with Gasteiger partial charge < -0.3 is 79.8 Å². The molecule has 7 aliphatic rings. The molecule has 11 heterocycles. The number of likely N-dealkylation sites (tertiary alicyclic amines) is 3. The predicted octanol–water partition coefficient (Wildman–Crippen LogP) is 16.9. The fourth-order valence-electron chi connectivity index (χ4n) is 18.8. The molecule has 11 aromatic rings. The van der Waals surface area contributed by atoms with Crippen LogP contribution in [0.3, 0.4) is 0 Å². The number of urea groups is 3. The number of hydrogen-bond acceptors (Lipinski definition) is 25. The number of benzene rings is 3. The number of non-ortho nitro benzene ring substituents is 1. The molecule has 3 saturated heterocycles. The molecule has 7 fully saturated rings. The fourth-order valence-corrected chi connectivity index (χ4v) is 20.4. The van der Waals surface area contributed by atoms with Gasteiger partial charge in [-0.2, -0.15) is 9.97 Å². The van der Waals surface area contributed by atoms with E-state index in [2.05, 4.69) is 113 Å². The number of rotatable bonds is 16. The van der Waals surface area contributed by atoms with Crippen LogP contribution in [0, 0.1) is 89.5 Å². The molecule has 4 aliphatic carbocycles. The average Bonchev–Trinajstić information content (AvgIpc) is 1.59. The Hall–Kier alpha value is -13.0. The molecule has 0 bridgehead atoms. The van der Waals surface area contributed by atoms with Crippen LogP contribution in [0.15, 0.2) is 127 Å². The molecule has 8 aromatic heterocycles. The summed E-state index contributed by atoms with van der Waals surface area (Å²) in [6.45, 7) is 15.5. The Morgan fingerprint density at radius 1 is 0.457 bits per heavy atom. The summed E-state index contributed by atoms with van der Waals surface area (Å²) in [5, 5.41) is 32.3. The second kappa shape index (κ2) is 46.9. The lowest BCUT2D eigenvalue weighted by atomic mass is 9.83. The number of nitrogens with zero attached hydrogens (tertiary/aromatic N) is 15. The molecule has 6 amide bonds. The number of carbonyl (C=O) groups excluding carboxylic acids is 3. The minimum atomic E-state index is -4.13. The smallest absolute Gasteiger partial charge is 0.317 e. The van der Waals surface area contributed by atoms with Crippen LogP contribution in [-0.4, -0.2) is 211 Å². The van der Waals surface area contributed by atoms with Gasteiger partial charge in [-0.3, -0.25) is 10.1 Å². The molecule has 15 atom stereocenters. The Balaban J connectivity index is 0.000000152. The zero-order valence-electron chi connectivity index (χ0n) is 78.0. The minimum Gasteiger partial charge on any atom is -0.399 e. The Kier molecular flexibility index (Phi) is 34.9. The molecular weight excluding hydrogens is 1890 g/mol. The van der Waals surface area contributed by atoms with Crippen LogP contribution in [0.25, 0.3) is 44.8 Å². The fraction of sp³-hybridized carbons (Fsp3) is 0.457. The molecule has 16 N–H and O–H groups in total. The summed E-state index contributed by atoms with van der Waals surface area (Å²) in [6, 6.07) is 17.5. The maximum absolute atomic E-state index is 15.0. The van der Waals surface area contributed by atoms with Crippen LogP contribution in [0.5, 0.6) is 0 Å². The van der Waals surface area contributed by atoms with E-state index in [0.29, 0.717) is 98.7 Å². The normalized spacial score (nSPS) is 23.2. The number of nitro groups is 1. The first-order chi connectivity index (χ1) is 66.5. The third-order valence-electron chi connectivity index (χ3n) is 24.9. The lowest BCUT2D eigenvalue weighted by molar-refractivity contribution is -0.384. The van der Waals surface area contributed by atoms with Gasteiger partial charge in [0, 0.05) is 131 Å². The van der Waals surface area contributed by atoms with Crippen LogP contribution < -0.4 is 60.2 Å². The van der Waals surface area contributed by atoms with Gasteiger partial charge in [-0.05, 0) is 224 Å². The van der Waals surface area contributed by atoms with E-state index in [-0.39, 0.29) is 171 Å². The topological polar surface area (TPSA) is 476 Å². The molecule has 12 unspecified atom stereocenters. The molecule has 34 nitrogen and oxygen atoms in total. The van der Waals surface area contributed by atoms with Gasteiger partial charge in [-0.15, -0.1) is 0 Å². The summed E-state index contributed by atoms with van der Waals surface area (Å²) in [4.78, 5) is 94.6. The van der Waals surface area contributed by atoms with Gasteiger partial charge in [0.05, 0.1) is 66.6 Å². The van der Waals surface area contributed by atoms with E-state index in [4.69, 9.17) is 46.1 Å². The van der Waals surface area contributed by atoms with Crippen LogP contribution in [0.1, 0.15) is 141 Å². The van der Waals surface area contributed by atoms with Gasteiger partial charge in [0.15, 0.2) is 63.8 Å². The third kappa shape index (κ3) is 28.7. The van der Waals surface area contributed by atoms with Crippen molar-refractivity contribution < 1.29 is 67.2 Å². The van der Waals surface area contributed by atoms with Crippen molar-refractivity contribution in [1.82, 2.24) is 89.4 Å². The minimum absolute atomic E-state index is 0.0161. The number of pyridine rings is 2. The second-order valence-electron chi connectivity index (χ2n) is 37.2. The maximum Gasteiger partial charge on any atom is 0.317 e. The van der Waals surface area contributed by atoms with Gasteiger partial charge in [0.2, 0.25) is 10.6 Å². The first-order valence-corrected chi connectivity index (χ1v) is 48.3. The van der Waals surface area contributed by atoms with Crippen molar-refractivity contribution >= 4 is 119 Å². The number of aryl methyl sites for hydroxylation is 3. The molecule has 3 aromatic carbocycles. The number of nitrogen functional groups attached to an aromatic ring is 3. The number of fused-ring (bicyclic) bond motifs is 2. The maximum atomic E-state index is 15.0. The monoisotopic (exact) mass is 2010 g/mol. The van der Waals surface area contributed by atoms with Gasteiger partial charge >= 0.3 is 18.1 Å². The Bertz CT molecular complexity index is 6230. The van der Waals surface area contributed by atoms with Gasteiger partial charge in [0.1, 0.15) is 35.8 Å². The van der Waals surface area contributed by atoms with Gasteiger partial charge in [0.25, 0.3) is 15.7 Å². The van der Waals surface area contributed by atoms with Gasteiger partial charge in [-0.1, -0.05) is 45.4 Å². The van der Waals surface area contributed by atoms with Crippen molar-refractivity contribution in [2.75, 3.05) is 77.7 Å². The van der Waals surface area contributed by atoms with E-state index in [1.165, 1.54) is 51.2 Å². The number of aromatic amines is 1. The molecular formula is C94H114Cl2F9N27O7S. The molecule has 4 saturated carbocycles. The van der Waals surface area contributed by atoms with Crippen molar-refractivity contribution in [3.8, 4) is 22.8 Å². The Morgan fingerprint density at radius 3 is 1.24 bits per heavy atom. The van der Waals surface area contributed by atoms with Crippen molar-refractivity contribution in [2.45, 2.75) is 217 Å². The first kappa shape index (κ1) is 104. The number of anilines is 7. The van der Waals surface area contributed by atoms with E-state index in [1.54, 1.807) is 37.4 Å². The molecule has 18 rings (SSSR count). The van der Waals surface area contributed by atoms with Crippen molar-refractivity contribution in [1.29, 1.82) is 0 Å². The number of alkyl halides is 3. The molecule has 140 heavy (non-hydrogen) atoms. The molecule has 750 valence electrons. The quantitative estimate of drug-likeness (QED) is 0.0140. The second-order valence-corrected chi connectivity index (χ2v) is 39.7. The predicted molar refractivity (Wildman–Crippen MR) is 518 cm³/mol. The number of aromatic nitrogens is 12. The summed E-state index contributed by atoms with van der Waals surface area (Å²) in [7, 11) is -4.13. The van der Waals surface area contributed by atoms with E-state index in [1.807, 2.05) is 32.9 Å². The number of halogens is 11. The molecule has 46 heteroatoms. The van der Waals surface area contributed by atoms with E-state index in [9.17, 15) is 68.0 Å². The van der Waals surface area contributed by atoms with Crippen LogP contribution in [-0.2, 0) is 10.0 Å². The van der Waals surface area contributed by atoms with Gasteiger partial charge in [-0.25, -0.2) is 106 Å². The van der Waals surface area contributed by atoms with Crippen molar-refractivity contribution in [2.24, 2.45) is 29.4 Å². The summed E-state index contributed by atoms with van der Waals surface area (Å²) >= 11 is 11.4. The average molecular weight is 2010 g/mol. The number of hydrogen-bond donors (Lipinski definition) is 12. The molecule has 0 spiro atoms. The third-order valence-corrected chi connectivity index (χ3v) is 26.9. The number of nitro benzene ring substituents is 1. The Morgan fingerprint density at radius 2 is 0.836 bits per heavy atom. The SMILES string of the molecule is CC1CC(N)CC(Nc2nc(Cl)ncc2F)C1.CC1CC(NC(=O)N2CC[C@H](F)C2)CC(Nc2nc(-c3c[nH]c4ncc(F)cc34)ncc2F)C1.CC1CC(NC(=O)N2CC[C@H](F)C2)CC(Nc2nc(Cl)ncc2F)C1.Cc1cc(N)cc(N)c1.Cc1cc(N)cc([N+](=O)[O-])c1.Cc1ccc(S(=O)(=O)n2cc(-c3ncc(F)c(NC4CC(C)CC(NC(=O)N5CC[C@H](F)C5)C4)n3)c3cc(F)cnc32)cc1. The summed E-state index contributed by atoms with van der Waals surface area (Å²) in [5.74, 6) is -1.77. The van der Waals surface area contributed by atoms with Crippen LogP contribution in [0.2, 0.25) is 10.6 Å². The van der Waals surface area contributed by atoms with Crippen LogP contribution in [0.4, 0.5) is 99.9 Å². The van der Waals surface area contributed by atoms with Crippen molar-refractivity contribution in [3.63, 3.8) is 0 Å². The Labute approximate surface area is 812 Å². The molecule has 3 aliphatic heterocycles. The number of H-pyrrole nitrogens is 1. The highest BCUT2D eigenvalue weighted by molar-refractivity contribution is 7.90. The number of nitrogens with two attached hydrogens (primary N) is 4. The first-order valence-electron chi connectivity index (χ1n) is 46.1. The standard InChI is InChI=1S/C30H32F3N7O3S.C23H26F3N7O.C16H22ClF2N5O.C11H16ClFN4.C7H8N2O2.C7H10N2/c1-17-3-5-23(6-4-17)44(42,43)40-16-25(24-11-20(32)13-35-29(24)40)27-34-14-26(33)28(38-27)36-21-9-18(2)10-22(12-21)37-30(41)39-8-7-19(31)15-39;1-12-4-15(7-16(5-12)31-23(34)33-3-2-13(24)11-33)30-22-19(26)10-29-21(32-22)18-9-28-20-17(18)6-14(25)8-27-20;1-9-4-11(21-14-13(19)7-20-15(17)23-14)6-12(5-9)22-16(25)24-3-2-10(18)8-24;1-6-2-7(14)4-8(3-6)16-10-9(13)5-15-11(12)17-10;1-5-2-6(8)4-7(3-5)9(10)11;1-5-2-6(8)4-7(9)3-5/h3-6,11,13-14,16,18-19,21-22H,7-10,12,15H2,1-2H3,(H,37,41)(H,34,36,38);6,8-10,12-13,15-16H,2-5,7,11H2,1H3,(H,27,28)(H,31,34)(H,29,30,32);7,9-12H,2-6,8H2,1H3,(H,22,25)(H,20,21,23);5-8H,2-4,14H2,1H3,(H,15,16,17);2-4H,8H2,1H3;2-4H,8-9H2,1H3/t18?,19-,21?,22?;12?,13-,15?,16?;9?,10-,11?,12?;;;/m000.../s1. The summed E-state index contributed by atoms with van der Waals surface area (Å²) < 4.78 is 153. The number of amides is 6. The largest absolute Gasteiger partial charge is 0.399 e. The number of carbonyl (C=O) groups is 3. The van der Waals surface area contributed by atoms with E-state index in [0.717, 1.165) is 127 Å². The summed E-state index contributed by atoms with van der Waals surface area (Å²) in [6.07, 6.45) is 16.4. The van der Waals surface area contributed by atoms with Crippen LogP contribution >= 0.6 is 23.2 Å². The lowest BCUT2D eigenvalue weighted by Crippen LogP contribution is -2.48. The van der Waals surface area contributed by atoms with E-state index >= 15 is 4.39 Å².